The number of halogens is 1. The predicted octanol–water partition coefficient (Wildman–Crippen LogP) is 5.24. The van der Waals surface area contributed by atoms with Crippen molar-refractivity contribution in [3.05, 3.63) is 58.1 Å². The molecule has 0 spiro atoms. The summed E-state index contributed by atoms with van der Waals surface area (Å²) >= 11 is 4.62. The third-order valence-electron chi connectivity index (χ3n) is 3.61. The highest BCUT2D eigenvalue weighted by Crippen LogP contribution is 2.28. The van der Waals surface area contributed by atoms with Gasteiger partial charge in [0, 0.05) is 15.7 Å². The van der Waals surface area contributed by atoms with Crippen LogP contribution < -0.4 is 5.32 Å². The van der Waals surface area contributed by atoms with E-state index in [9.17, 15) is 4.79 Å². The number of anilines is 1. The Bertz CT molecular complexity index is 922. The molecule has 0 saturated carbocycles. The van der Waals surface area contributed by atoms with E-state index in [0.29, 0.717) is 11.1 Å². The van der Waals surface area contributed by atoms with Gasteiger partial charge in [0.1, 0.15) is 0 Å². The van der Waals surface area contributed by atoms with Crippen LogP contribution in [0.3, 0.4) is 0 Å². The summed E-state index contributed by atoms with van der Waals surface area (Å²) < 4.78 is 6.63. The lowest BCUT2D eigenvalue weighted by Gasteiger charge is -2.10. The van der Waals surface area contributed by atoms with Gasteiger partial charge in [-0.2, -0.15) is 0 Å². The van der Waals surface area contributed by atoms with Crippen molar-refractivity contribution in [3.8, 4) is 11.5 Å². The molecule has 0 bridgehead atoms. The molecule has 1 aromatic heterocycles. The number of aryl methyl sites for hydroxylation is 2. The van der Waals surface area contributed by atoms with Gasteiger partial charge in [-0.05, 0) is 51.1 Å². The number of hydrogen-bond acceptors (Lipinski definition) is 5. The monoisotopic (exact) mass is 431 g/mol. The minimum absolute atomic E-state index is 0.126. The number of nitrogens with one attached hydrogen (secondary N) is 1. The Morgan fingerprint density at radius 2 is 1.88 bits per heavy atom. The summed E-state index contributed by atoms with van der Waals surface area (Å²) in [5, 5.41) is 11.0. The number of carbonyl (C=O) groups is 1. The zero-order chi connectivity index (χ0) is 18.7. The van der Waals surface area contributed by atoms with Crippen LogP contribution in [0.1, 0.15) is 18.1 Å². The number of aromatic nitrogens is 2. The van der Waals surface area contributed by atoms with Crippen molar-refractivity contribution in [2.75, 3.05) is 5.32 Å². The van der Waals surface area contributed by atoms with Crippen LogP contribution in [0.15, 0.2) is 56.6 Å². The number of thioether (sulfide) groups is 1. The number of hydrogen-bond donors (Lipinski definition) is 1. The van der Waals surface area contributed by atoms with Crippen molar-refractivity contribution in [2.24, 2.45) is 0 Å². The van der Waals surface area contributed by atoms with E-state index >= 15 is 0 Å². The van der Waals surface area contributed by atoms with Crippen molar-refractivity contribution in [3.63, 3.8) is 0 Å². The summed E-state index contributed by atoms with van der Waals surface area (Å²) in [4.78, 5) is 12.4. The largest absolute Gasteiger partial charge is 0.411 e. The zero-order valence-corrected chi connectivity index (χ0v) is 17.0. The van der Waals surface area contributed by atoms with E-state index in [2.05, 4.69) is 37.5 Å². The lowest BCUT2D eigenvalue weighted by atomic mass is 10.1. The summed E-state index contributed by atoms with van der Waals surface area (Å²) in [6.45, 7) is 5.85. The molecule has 26 heavy (non-hydrogen) atoms. The first-order valence-corrected chi connectivity index (χ1v) is 9.73. The van der Waals surface area contributed by atoms with Crippen LogP contribution >= 0.6 is 27.7 Å². The molecule has 5 nitrogen and oxygen atoms in total. The first kappa shape index (κ1) is 18.7. The number of rotatable bonds is 5. The molecule has 1 atom stereocenters. The molecular formula is C19H18BrN3O2S. The molecule has 1 unspecified atom stereocenters. The van der Waals surface area contributed by atoms with E-state index in [-0.39, 0.29) is 11.2 Å². The second kappa shape index (κ2) is 8.05. The molecule has 1 heterocycles. The van der Waals surface area contributed by atoms with Gasteiger partial charge in [-0.3, -0.25) is 4.79 Å². The Balaban J connectivity index is 1.67. The lowest BCUT2D eigenvalue weighted by Crippen LogP contribution is -2.22. The maximum absolute atomic E-state index is 12.4. The van der Waals surface area contributed by atoms with Gasteiger partial charge in [-0.15, -0.1) is 10.2 Å². The quantitative estimate of drug-likeness (QED) is 0.559. The van der Waals surface area contributed by atoms with Crippen LogP contribution in [0, 0.1) is 13.8 Å². The summed E-state index contributed by atoms with van der Waals surface area (Å²) in [5.74, 6) is 0.332. The van der Waals surface area contributed by atoms with Gasteiger partial charge < -0.3 is 9.73 Å². The van der Waals surface area contributed by atoms with Crippen LogP contribution in [0.5, 0.6) is 0 Å². The number of amides is 1. The van der Waals surface area contributed by atoms with E-state index in [0.717, 1.165) is 26.9 Å². The number of nitrogens with zero attached hydrogens (tertiary/aromatic N) is 2. The van der Waals surface area contributed by atoms with Gasteiger partial charge in [-0.25, -0.2) is 0 Å². The normalized spacial score (nSPS) is 12.0. The van der Waals surface area contributed by atoms with Crippen molar-refractivity contribution >= 4 is 39.3 Å². The third-order valence-corrected chi connectivity index (χ3v) is 5.04. The molecule has 0 fully saturated rings. The molecule has 1 N–H and O–H groups in total. The predicted molar refractivity (Wildman–Crippen MR) is 107 cm³/mol. The van der Waals surface area contributed by atoms with Crippen molar-refractivity contribution in [1.29, 1.82) is 0 Å². The summed E-state index contributed by atoms with van der Waals surface area (Å²) in [6, 6.07) is 13.5. The molecule has 0 radical (unpaired) electrons. The highest BCUT2D eigenvalue weighted by Gasteiger charge is 2.19. The Morgan fingerprint density at radius 3 is 2.58 bits per heavy atom. The van der Waals surface area contributed by atoms with Gasteiger partial charge >= 0.3 is 0 Å². The summed E-state index contributed by atoms with van der Waals surface area (Å²) in [5.41, 5.74) is 3.88. The fourth-order valence-electron chi connectivity index (χ4n) is 2.49. The minimum Gasteiger partial charge on any atom is -0.411 e. The van der Waals surface area contributed by atoms with E-state index < -0.39 is 0 Å². The maximum Gasteiger partial charge on any atom is 0.277 e. The number of carbonyl (C=O) groups excluding carboxylic acids is 1. The van der Waals surface area contributed by atoms with Crippen LogP contribution in [-0.4, -0.2) is 21.4 Å². The Morgan fingerprint density at radius 1 is 1.15 bits per heavy atom. The fourth-order valence-corrected chi connectivity index (χ4v) is 3.57. The van der Waals surface area contributed by atoms with E-state index in [1.54, 1.807) is 6.92 Å². The van der Waals surface area contributed by atoms with Gasteiger partial charge in [0.05, 0.1) is 5.25 Å². The number of benzene rings is 2. The van der Waals surface area contributed by atoms with Gasteiger partial charge in [-0.1, -0.05) is 51.0 Å². The standard InChI is InChI=1S/C19H18BrN3O2S/c1-11-7-12(2)9-14(8-11)18-22-23-19(25-18)26-13(3)17(24)21-16-6-4-5-15(20)10-16/h4-10,13H,1-3H3,(H,21,24). The highest BCUT2D eigenvalue weighted by atomic mass is 79.9. The smallest absolute Gasteiger partial charge is 0.277 e. The molecule has 3 aromatic rings. The lowest BCUT2D eigenvalue weighted by molar-refractivity contribution is -0.115. The van der Waals surface area contributed by atoms with E-state index in [1.165, 1.54) is 11.8 Å². The average Bonchev–Trinajstić information content (AvgIpc) is 3.02. The SMILES string of the molecule is Cc1cc(C)cc(-c2nnc(SC(C)C(=O)Nc3cccc(Br)c3)o2)c1. The first-order valence-electron chi connectivity index (χ1n) is 8.06. The molecule has 0 saturated heterocycles. The molecular weight excluding hydrogens is 414 g/mol. The second-order valence-electron chi connectivity index (χ2n) is 6.01. The molecule has 0 aliphatic heterocycles. The van der Waals surface area contributed by atoms with Gasteiger partial charge in [0.25, 0.3) is 5.22 Å². The van der Waals surface area contributed by atoms with E-state index in [1.807, 2.05) is 50.2 Å². The summed E-state index contributed by atoms with van der Waals surface area (Å²) in [6.07, 6.45) is 0. The fraction of sp³-hybridized carbons (Fsp3) is 0.211. The minimum atomic E-state index is -0.374. The van der Waals surface area contributed by atoms with Crippen LogP contribution in [0.2, 0.25) is 0 Å². The molecule has 0 aliphatic rings. The zero-order valence-electron chi connectivity index (χ0n) is 14.6. The highest BCUT2D eigenvalue weighted by molar-refractivity contribution is 9.10. The molecule has 2 aromatic carbocycles. The van der Waals surface area contributed by atoms with Crippen LogP contribution in [-0.2, 0) is 4.79 Å². The third kappa shape index (κ3) is 4.74. The van der Waals surface area contributed by atoms with Crippen LogP contribution in [0.25, 0.3) is 11.5 Å². The van der Waals surface area contributed by atoms with Crippen molar-refractivity contribution in [2.45, 2.75) is 31.2 Å². The van der Waals surface area contributed by atoms with Crippen LogP contribution in [0.4, 0.5) is 5.69 Å². The van der Waals surface area contributed by atoms with E-state index in [4.69, 9.17) is 4.42 Å². The van der Waals surface area contributed by atoms with Crippen molar-refractivity contribution < 1.29 is 9.21 Å². The second-order valence-corrected chi connectivity index (χ2v) is 8.22. The molecule has 1 amide bonds. The Hall–Kier alpha value is -2.12. The molecule has 134 valence electrons. The van der Waals surface area contributed by atoms with Crippen molar-refractivity contribution in [1.82, 2.24) is 10.2 Å². The maximum atomic E-state index is 12.4. The topological polar surface area (TPSA) is 68.0 Å². The molecule has 0 aliphatic carbocycles. The Kier molecular flexibility index (Phi) is 5.78. The Labute approximate surface area is 164 Å². The van der Waals surface area contributed by atoms with Gasteiger partial charge in [0.2, 0.25) is 11.8 Å². The van der Waals surface area contributed by atoms with Gasteiger partial charge in [0.15, 0.2) is 0 Å². The summed E-state index contributed by atoms with van der Waals surface area (Å²) in [7, 11) is 0. The molecule has 7 heteroatoms. The average molecular weight is 432 g/mol. The molecule has 3 rings (SSSR count). The first-order chi connectivity index (χ1) is 12.4.